The van der Waals surface area contributed by atoms with Gasteiger partial charge >= 0.3 is 0 Å². The molecule has 7 heteroatoms. The predicted molar refractivity (Wildman–Crippen MR) is 108 cm³/mol. The van der Waals surface area contributed by atoms with E-state index in [1.165, 1.54) is 0 Å². The van der Waals surface area contributed by atoms with E-state index in [2.05, 4.69) is 25.9 Å². The van der Waals surface area contributed by atoms with Crippen LogP contribution in [-0.4, -0.2) is 37.1 Å². The van der Waals surface area contributed by atoms with E-state index in [9.17, 15) is 4.79 Å². The zero-order chi connectivity index (χ0) is 19.5. The predicted octanol–water partition coefficient (Wildman–Crippen LogP) is 2.48. The van der Waals surface area contributed by atoms with Crippen molar-refractivity contribution in [3.63, 3.8) is 0 Å². The molecule has 2 rings (SSSR count). The average molecular weight is 369 g/mol. The first-order valence-electron chi connectivity index (χ1n) is 9.00. The van der Waals surface area contributed by atoms with Gasteiger partial charge in [0, 0.05) is 30.8 Å². The molecule has 1 amide bonds. The number of ether oxygens (including phenoxy) is 1. The number of para-hydroxylation sites is 1. The van der Waals surface area contributed by atoms with Gasteiger partial charge in [-0.05, 0) is 32.0 Å². The molecule has 1 aromatic heterocycles. The van der Waals surface area contributed by atoms with Crippen LogP contribution in [0, 0.1) is 6.92 Å². The molecule has 0 saturated carbocycles. The second kappa shape index (κ2) is 10.8. The third-order valence-electron chi connectivity index (χ3n) is 3.74. The van der Waals surface area contributed by atoms with Crippen molar-refractivity contribution in [1.29, 1.82) is 0 Å². The van der Waals surface area contributed by atoms with Crippen LogP contribution < -0.4 is 20.7 Å². The smallest absolute Gasteiger partial charge is 0.227 e. The fraction of sp³-hybridized carbons (Fsp3) is 0.350. The average Bonchev–Trinajstić information content (AvgIpc) is 2.66. The summed E-state index contributed by atoms with van der Waals surface area (Å²) in [5.41, 5.74) is 1.87. The molecule has 3 N–H and O–H groups in total. The van der Waals surface area contributed by atoms with E-state index in [0.29, 0.717) is 31.3 Å². The number of nitrogens with one attached hydrogen (secondary N) is 3. The molecule has 27 heavy (non-hydrogen) atoms. The van der Waals surface area contributed by atoms with Gasteiger partial charge in [-0.2, -0.15) is 0 Å². The lowest BCUT2D eigenvalue weighted by Gasteiger charge is -2.12. The second-order valence-electron chi connectivity index (χ2n) is 5.90. The number of amides is 1. The van der Waals surface area contributed by atoms with Crippen molar-refractivity contribution in [3.8, 4) is 5.75 Å². The largest absolute Gasteiger partial charge is 0.496 e. The number of aromatic nitrogens is 1. The third kappa shape index (κ3) is 6.97. The van der Waals surface area contributed by atoms with Gasteiger partial charge in [0.1, 0.15) is 11.6 Å². The van der Waals surface area contributed by atoms with Gasteiger partial charge in [-0.1, -0.05) is 24.3 Å². The fourth-order valence-electron chi connectivity index (χ4n) is 2.45. The normalized spacial score (nSPS) is 11.0. The van der Waals surface area contributed by atoms with Crippen molar-refractivity contribution < 1.29 is 9.53 Å². The van der Waals surface area contributed by atoms with E-state index in [1.807, 2.05) is 50.2 Å². The summed E-state index contributed by atoms with van der Waals surface area (Å²) in [6.45, 7) is 5.57. The second-order valence-corrected chi connectivity index (χ2v) is 5.90. The Balaban J connectivity index is 1.85. The number of hydrogen-bond donors (Lipinski definition) is 3. The molecule has 0 aliphatic heterocycles. The van der Waals surface area contributed by atoms with Crippen LogP contribution in [0.4, 0.5) is 5.82 Å². The van der Waals surface area contributed by atoms with Crippen molar-refractivity contribution in [1.82, 2.24) is 15.6 Å². The number of aryl methyl sites for hydroxylation is 1. The number of nitrogens with zero attached hydrogens (tertiary/aromatic N) is 2. The first-order chi connectivity index (χ1) is 13.1. The summed E-state index contributed by atoms with van der Waals surface area (Å²) < 4.78 is 5.35. The highest BCUT2D eigenvalue weighted by Crippen LogP contribution is 2.17. The van der Waals surface area contributed by atoms with Gasteiger partial charge in [-0.3, -0.25) is 4.79 Å². The fourth-order valence-corrected chi connectivity index (χ4v) is 2.45. The first-order valence-corrected chi connectivity index (χ1v) is 9.00. The number of anilines is 1. The van der Waals surface area contributed by atoms with Gasteiger partial charge in [0.25, 0.3) is 0 Å². The Bertz CT molecular complexity index is 776. The SMILES string of the molecule is CCNC(=NCc1ccccc1OC)NCCC(=O)Nc1cccc(C)n1. The lowest BCUT2D eigenvalue weighted by atomic mass is 10.2. The molecule has 0 spiro atoms. The molecule has 1 heterocycles. The Morgan fingerprint density at radius 1 is 1.15 bits per heavy atom. The van der Waals surface area contributed by atoms with Crippen LogP contribution in [0.2, 0.25) is 0 Å². The molecule has 0 unspecified atom stereocenters. The third-order valence-corrected chi connectivity index (χ3v) is 3.74. The zero-order valence-electron chi connectivity index (χ0n) is 16.1. The van der Waals surface area contributed by atoms with Crippen LogP contribution in [0.3, 0.4) is 0 Å². The Hall–Kier alpha value is -3.09. The number of hydrogen-bond acceptors (Lipinski definition) is 4. The Kier molecular flexibility index (Phi) is 8.09. The highest BCUT2D eigenvalue weighted by atomic mass is 16.5. The van der Waals surface area contributed by atoms with Gasteiger partial charge in [0.2, 0.25) is 5.91 Å². The van der Waals surface area contributed by atoms with E-state index >= 15 is 0 Å². The van der Waals surface area contributed by atoms with E-state index in [0.717, 1.165) is 23.6 Å². The molecule has 0 bridgehead atoms. The van der Waals surface area contributed by atoms with Crippen LogP contribution >= 0.6 is 0 Å². The number of aliphatic imine (C=N–C) groups is 1. The molecule has 144 valence electrons. The molecule has 0 fully saturated rings. The summed E-state index contributed by atoms with van der Waals surface area (Å²) in [4.78, 5) is 20.9. The van der Waals surface area contributed by atoms with Crippen LogP contribution in [0.25, 0.3) is 0 Å². The van der Waals surface area contributed by atoms with E-state index < -0.39 is 0 Å². The molecule has 0 saturated heterocycles. The van der Waals surface area contributed by atoms with Crippen molar-refractivity contribution in [2.45, 2.75) is 26.8 Å². The summed E-state index contributed by atoms with van der Waals surface area (Å²) in [6, 6.07) is 13.3. The molecular weight excluding hydrogens is 342 g/mol. The first kappa shape index (κ1) is 20.2. The van der Waals surface area contributed by atoms with Crippen molar-refractivity contribution in [3.05, 3.63) is 53.7 Å². The zero-order valence-corrected chi connectivity index (χ0v) is 16.1. The van der Waals surface area contributed by atoms with Crippen LogP contribution in [0.5, 0.6) is 5.75 Å². The van der Waals surface area contributed by atoms with Gasteiger partial charge in [0.05, 0.1) is 13.7 Å². The van der Waals surface area contributed by atoms with Gasteiger partial charge in [-0.15, -0.1) is 0 Å². The Morgan fingerprint density at radius 2 is 1.96 bits per heavy atom. The maximum atomic E-state index is 12.1. The molecule has 0 radical (unpaired) electrons. The minimum Gasteiger partial charge on any atom is -0.496 e. The van der Waals surface area contributed by atoms with Crippen LogP contribution in [-0.2, 0) is 11.3 Å². The van der Waals surface area contributed by atoms with Crippen LogP contribution in [0.1, 0.15) is 24.6 Å². The van der Waals surface area contributed by atoms with Crippen molar-refractivity contribution >= 4 is 17.7 Å². The van der Waals surface area contributed by atoms with Gasteiger partial charge in [-0.25, -0.2) is 9.98 Å². The number of pyridine rings is 1. The minimum absolute atomic E-state index is 0.0961. The summed E-state index contributed by atoms with van der Waals surface area (Å²) >= 11 is 0. The monoisotopic (exact) mass is 369 g/mol. The van der Waals surface area contributed by atoms with E-state index in [-0.39, 0.29) is 5.91 Å². The van der Waals surface area contributed by atoms with Crippen molar-refractivity contribution in [2.75, 3.05) is 25.5 Å². The van der Waals surface area contributed by atoms with Crippen molar-refractivity contribution in [2.24, 2.45) is 4.99 Å². The maximum absolute atomic E-state index is 12.1. The molecule has 0 atom stereocenters. The summed E-state index contributed by atoms with van der Waals surface area (Å²) in [5, 5.41) is 9.14. The molecule has 2 aromatic rings. The lowest BCUT2D eigenvalue weighted by Crippen LogP contribution is -2.38. The molecule has 1 aromatic carbocycles. The van der Waals surface area contributed by atoms with Gasteiger partial charge < -0.3 is 20.7 Å². The molecule has 0 aliphatic carbocycles. The number of methoxy groups -OCH3 is 1. The summed E-state index contributed by atoms with van der Waals surface area (Å²) in [6.07, 6.45) is 0.314. The molecule has 0 aliphatic rings. The summed E-state index contributed by atoms with van der Waals surface area (Å²) in [7, 11) is 1.65. The number of guanidine groups is 1. The highest BCUT2D eigenvalue weighted by molar-refractivity contribution is 5.90. The molecule has 7 nitrogen and oxygen atoms in total. The van der Waals surface area contributed by atoms with E-state index in [1.54, 1.807) is 13.2 Å². The minimum atomic E-state index is -0.0961. The highest BCUT2D eigenvalue weighted by Gasteiger charge is 2.05. The molecular formula is C20H27N5O2. The Morgan fingerprint density at radius 3 is 2.70 bits per heavy atom. The standard InChI is InChI=1S/C20H27N5O2/c1-4-21-20(23-14-16-9-5-6-10-17(16)27-3)22-13-12-19(26)25-18-11-7-8-15(2)24-18/h5-11H,4,12-14H2,1-3H3,(H2,21,22,23)(H,24,25,26). The number of carbonyl (C=O) groups is 1. The van der Waals surface area contributed by atoms with Crippen LogP contribution in [0.15, 0.2) is 47.5 Å². The maximum Gasteiger partial charge on any atom is 0.227 e. The quantitative estimate of drug-likeness (QED) is 0.491. The van der Waals surface area contributed by atoms with E-state index in [4.69, 9.17) is 4.74 Å². The number of carbonyl (C=O) groups excluding carboxylic acids is 1. The number of rotatable bonds is 8. The van der Waals surface area contributed by atoms with Gasteiger partial charge in [0.15, 0.2) is 5.96 Å². The topological polar surface area (TPSA) is 87.6 Å². The lowest BCUT2D eigenvalue weighted by molar-refractivity contribution is -0.116. The Labute approximate surface area is 160 Å². The number of benzene rings is 1. The summed E-state index contributed by atoms with van der Waals surface area (Å²) in [5.74, 6) is 1.94.